The zero-order valence-corrected chi connectivity index (χ0v) is 32.6. The van der Waals surface area contributed by atoms with Crippen molar-refractivity contribution >= 4 is 39.6 Å². The third-order valence-corrected chi connectivity index (χ3v) is 12.0. The maximum absolute atomic E-state index is 15.6. The minimum atomic E-state index is -3.02. The fourth-order valence-corrected chi connectivity index (χ4v) is 9.14. The second kappa shape index (κ2) is 14.1. The molecule has 59 heavy (non-hydrogen) atoms. The average Bonchev–Trinajstić information content (AvgIpc) is 3.96. The van der Waals surface area contributed by atoms with Crippen LogP contribution in [0.3, 0.4) is 0 Å². The molecular weight excluding hydrogens is 771 g/mol. The Hall–Kier alpha value is -5.88. The minimum absolute atomic E-state index is 0.0645. The van der Waals surface area contributed by atoms with Gasteiger partial charge >= 0.3 is 0 Å². The number of ether oxygens (including phenoxy) is 2. The summed E-state index contributed by atoms with van der Waals surface area (Å²) in [6.07, 6.45) is 1.30. The van der Waals surface area contributed by atoms with Gasteiger partial charge in [-0.05, 0) is 43.7 Å². The number of methoxy groups -OCH3 is 1. The van der Waals surface area contributed by atoms with Gasteiger partial charge < -0.3 is 29.2 Å². The number of aromatic nitrogens is 7. The lowest BCUT2D eigenvalue weighted by atomic mass is 10.0. The number of anilines is 2. The van der Waals surface area contributed by atoms with Crippen molar-refractivity contribution in [1.82, 2.24) is 44.1 Å². The predicted molar refractivity (Wildman–Crippen MR) is 210 cm³/mol. The molecular formula is C41H41F4N11O3. The Bertz CT molecular complexity index is 2630. The number of likely N-dealkylation sites (N-methyl/N-ethyl adjacent to an activating group) is 1. The van der Waals surface area contributed by atoms with Crippen molar-refractivity contribution in [3.05, 3.63) is 78.0 Å². The number of aryl methyl sites for hydroxylation is 1. The Morgan fingerprint density at radius 3 is 2.69 bits per heavy atom. The van der Waals surface area contributed by atoms with Gasteiger partial charge in [0.25, 0.3) is 5.92 Å². The van der Waals surface area contributed by atoms with Crippen LogP contribution in [0.1, 0.15) is 18.1 Å². The van der Waals surface area contributed by atoms with Gasteiger partial charge in [-0.15, -0.1) is 0 Å². The first kappa shape index (κ1) is 37.4. The van der Waals surface area contributed by atoms with Crippen LogP contribution in [0, 0.1) is 24.5 Å². The molecule has 2 fully saturated rings. The minimum Gasteiger partial charge on any atom is -0.490 e. The van der Waals surface area contributed by atoms with Crippen LogP contribution < -0.4 is 15.0 Å². The van der Waals surface area contributed by atoms with E-state index < -0.39 is 42.2 Å². The molecule has 1 amide bonds. The highest BCUT2D eigenvalue weighted by Crippen LogP contribution is 2.39. The van der Waals surface area contributed by atoms with Crippen LogP contribution in [0.15, 0.2) is 54.7 Å². The molecule has 8 heterocycles. The topological polar surface area (TPSA) is 132 Å². The zero-order valence-electron chi connectivity index (χ0n) is 32.6. The number of benzene rings is 2. The number of carbonyl (C=O) groups is 1. The third-order valence-electron chi connectivity index (χ3n) is 12.0. The number of rotatable bonds is 2. The monoisotopic (exact) mass is 811 g/mol. The van der Waals surface area contributed by atoms with Crippen molar-refractivity contribution < 1.29 is 31.8 Å². The third kappa shape index (κ3) is 6.57. The van der Waals surface area contributed by atoms with Crippen LogP contribution in [0.2, 0.25) is 0 Å². The van der Waals surface area contributed by atoms with Gasteiger partial charge in [0.1, 0.15) is 59.0 Å². The van der Waals surface area contributed by atoms with E-state index in [1.165, 1.54) is 28.9 Å². The number of nitrogens with one attached hydrogen (secondary N) is 1. The molecule has 4 aliphatic rings. The first-order chi connectivity index (χ1) is 28.4. The molecule has 0 spiro atoms. The van der Waals surface area contributed by atoms with Crippen LogP contribution in [0.5, 0.6) is 5.75 Å². The Kier molecular flexibility index (Phi) is 8.97. The lowest BCUT2D eigenvalue weighted by Crippen LogP contribution is -2.47. The van der Waals surface area contributed by atoms with Crippen molar-refractivity contribution in [2.24, 2.45) is 5.92 Å². The number of imidazole rings is 1. The number of hydrogen-bond donors (Lipinski definition) is 1. The van der Waals surface area contributed by atoms with Crippen LogP contribution >= 0.6 is 0 Å². The number of nitrogens with zero attached hydrogens (tertiary/aromatic N) is 10. The average molecular weight is 812 g/mol. The van der Waals surface area contributed by atoms with Gasteiger partial charge in [0.2, 0.25) is 5.91 Å². The summed E-state index contributed by atoms with van der Waals surface area (Å²) in [6, 6.07) is 11.3. The number of fused-ring (bicyclic) bond motifs is 10. The van der Waals surface area contributed by atoms with E-state index in [0.29, 0.717) is 69.4 Å². The van der Waals surface area contributed by atoms with Gasteiger partial charge in [-0.2, -0.15) is 5.10 Å². The number of pyridine rings is 1. The summed E-state index contributed by atoms with van der Waals surface area (Å²) >= 11 is 0. The Morgan fingerprint density at radius 1 is 0.983 bits per heavy atom. The lowest BCUT2D eigenvalue weighted by Gasteiger charge is -2.31. The summed E-state index contributed by atoms with van der Waals surface area (Å²) in [5, 5.41) is 8.66. The second-order valence-corrected chi connectivity index (χ2v) is 15.9. The summed E-state index contributed by atoms with van der Waals surface area (Å²) in [7, 11) is 3.31. The van der Waals surface area contributed by atoms with Gasteiger partial charge in [-0.1, -0.05) is 6.07 Å². The number of alkyl halides is 2. The molecule has 306 valence electrons. The van der Waals surface area contributed by atoms with Crippen LogP contribution in [-0.4, -0.2) is 128 Å². The van der Waals surface area contributed by atoms with E-state index >= 15 is 13.2 Å². The van der Waals surface area contributed by atoms with E-state index in [-0.39, 0.29) is 62.7 Å². The van der Waals surface area contributed by atoms with Gasteiger partial charge in [0.05, 0.1) is 47.5 Å². The first-order valence-electron chi connectivity index (χ1n) is 19.6. The van der Waals surface area contributed by atoms with Gasteiger partial charge in [-0.3, -0.25) is 9.69 Å². The maximum Gasteiger partial charge on any atom is 0.264 e. The van der Waals surface area contributed by atoms with Gasteiger partial charge in [0, 0.05) is 76.4 Å². The summed E-state index contributed by atoms with van der Waals surface area (Å²) in [6.45, 7) is 2.58. The standard InChI is InChI=1S/C41H41F4N11O3/c1-22-47-31-13-25(43)12-28-30-5-4-6-35(49-30)48-26-15-33(40(57)52(2)19-27(58-3)20-54(22)37(28)31)55(18-26)38-29-16-46-56-32-8-7-24(42)14-34(32)59-10-9-53-17-23(41(44,45)21-53)11-36(50-38)51-39(29)56/h4-8,12-14,16,23,26-27,33H,9-11,15,17-21H2,1-3H3,(H,48,49)/t23-,26-,27-,33-/m0/s1. The van der Waals surface area contributed by atoms with E-state index in [0.717, 1.165) is 0 Å². The molecule has 4 aromatic heterocycles. The molecule has 1 unspecified atom stereocenters. The predicted octanol–water partition coefficient (Wildman–Crippen LogP) is 4.86. The Balaban J connectivity index is 1.11. The van der Waals surface area contributed by atoms with Crippen molar-refractivity contribution in [3.8, 4) is 22.7 Å². The second-order valence-electron chi connectivity index (χ2n) is 15.9. The molecule has 2 aromatic carbocycles. The highest BCUT2D eigenvalue weighted by Gasteiger charge is 2.48. The number of carbonyl (C=O) groups excluding carboxylic acids is 1. The Morgan fingerprint density at radius 2 is 1.85 bits per heavy atom. The molecule has 8 bridgehead atoms. The highest BCUT2D eigenvalue weighted by molar-refractivity contribution is 5.94. The first-order valence-corrected chi connectivity index (χ1v) is 19.6. The summed E-state index contributed by atoms with van der Waals surface area (Å²) < 4.78 is 76.4. The lowest BCUT2D eigenvalue weighted by molar-refractivity contribution is -0.132. The normalized spacial score (nSPS) is 24.2. The SMILES string of the molecule is CO[C@H]1CN(C)C(=O)[C@@H]2C[C@@H](CN2c2nc3nc4c2cnn4-c2ccc(F)cc2OCCN2C[C@H](C3)C(F)(F)C2)Nc2cccc(n2)-c2cc(F)cc3nc(C)n(c23)C1. The molecule has 0 saturated carbocycles. The van der Waals surface area contributed by atoms with E-state index in [1.54, 1.807) is 36.2 Å². The smallest absolute Gasteiger partial charge is 0.264 e. The van der Waals surface area contributed by atoms with Gasteiger partial charge in [0.15, 0.2) is 5.65 Å². The van der Waals surface area contributed by atoms with Gasteiger partial charge in [-0.25, -0.2) is 42.2 Å². The van der Waals surface area contributed by atoms with E-state index in [9.17, 15) is 9.18 Å². The van der Waals surface area contributed by atoms with Crippen LogP contribution in [-0.2, 0) is 22.5 Å². The number of halogens is 4. The number of amides is 1. The van der Waals surface area contributed by atoms with Crippen molar-refractivity contribution in [3.63, 3.8) is 0 Å². The van der Waals surface area contributed by atoms with Crippen molar-refractivity contribution in [2.75, 3.05) is 63.7 Å². The molecule has 2 saturated heterocycles. The fourth-order valence-electron chi connectivity index (χ4n) is 9.14. The number of hydrogen-bond acceptors (Lipinski definition) is 11. The van der Waals surface area contributed by atoms with E-state index in [4.69, 9.17) is 24.4 Å². The van der Waals surface area contributed by atoms with E-state index in [2.05, 4.69) is 15.4 Å². The largest absolute Gasteiger partial charge is 0.490 e. The summed E-state index contributed by atoms with van der Waals surface area (Å²) in [5.41, 5.74) is 3.02. The molecule has 4 aliphatic heterocycles. The fraction of sp³-hybridized carbons (Fsp3) is 0.415. The summed E-state index contributed by atoms with van der Waals surface area (Å²) in [5.74, 6) is -3.39. The van der Waals surface area contributed by atoms with Crippen molar-refractivity contribution in [2.45, 2.75) is 50.4 Å². The van der Waals surface area contributed by atoms with E-state index in [1.807, 2.05) is 34.6 Å². The van der Waals surface area contributed by atoms with Crippen LogP contribution in [0.25, 0.3) is 39.0 Å². The molecule has 18 heteroatoms. The molecule has 0 radical (unpaired) electrons. The molecule has 14 nitrogen and oxygen atoms in total. The molecule has 10 rings (SSSR count). The Labute approximate surface area is 335 Å². The quantitative estimate of drug-likeness (QED) is 0.241. The molecule has 5 atom stereocenters. The maximum atomic E-state index is 15.6. The summed E-state index contributed by atoms with van der Waals surface area (Å²) in [4.78, 5) is 39.4. The molecule has 6 aromatic rings. The van der Waals surface area contributed by atoms with Crippen LogP contribution in [0.4, 0.5) is 29.2 Å². The molecule has 0 aliphatic carbocycles. The highest BCUT2D eigenvalue weighted by atomic mass is 19.3. The van der Waals surface area contributed by atoms with Crippen molar-refractivity contribution in [1.29, 1.82) is 0 Å². The zero-order chi connectivity index (χ0) is 40.7. The molecule has 1 N–H and O–H groups in total.